The standard InChI is InChI=1S/C12H17FN2/c1-15(9-10-5-6-14-8-10)12-4-2-3-11(13)7-12/h2-4,7,10,14H,5-6,8-9H2,1H3. The number of hydrogen-bond acceptors (Lipinski definition) is 2. The minimum Gasteiger partial charge on any atom is -0.374 e. The molecule has 82 valence electrons. The lowest BCUT2D eigenvalue weighted by Crippen LogP contribution is -2.26. The zero-order valence-corrected chi connectivity index (χ0v) is 9.04. The van der Waals surface area contributed by atoms with Crippen LogP contribution in [0.1, 0.15) is 6.42 Å². The fourth-order valence-electron chi connectivity index (χ4n) is 2.08. The molecule has 0 spiro atoms. The summed E-state index contributed by atoms with van der Waals surface area (Å²) in [6.45, 7) is 3.19. The topological polar surface area (TPSA) is 15.3 Å². The molecule has 3 heteroatoms. The molecule has 15 heavy (non-hydrogen) atoms. The summed E-state index contributed by atoms with van der Waals surface area (Å²) in [6, 6.07) is 6.77. The molecule has 0 amide bonds. The summed E-state index contributed by atoms with van der Waals surface area (Å²) in [5.74, 6) is 0.530. The second-order valence-electron chi connectivity index (χ2n) is 4.22. The molecule has 2 nitrogen and oxygen atoms in total. The van der Waals surface area contributed by atoms with Crippen LogP contribution in [-0.4, -0.2) is 26.7 Å². The maximum absolute atomic E-state index is 13.0. The molecule has 0 radical (unpaired) electrons. The lowest BCUT2D eigenvalue weighted by molar-refractivity contribution is 0.576. The summed E-state index contributed by atoms with van der Waals surface area (Å²) < 4.78 is 13.0. The molecule has 2 rings (SSSR count). The predicted molar refractivity (Wildman–Crippen MR) is 60.6 cm³/mol. The maximum atomic E-state index is 13.0. The first kappa shape index (κ1) is 10.4. The maximum Gasteiger partial charge on any atom is 0.125 e. The van der Waals surface area contributed by atoms with Gasteiger partial charge >= 0.3 is 0 Å². The quantitative estimate of drug-likeness (QED) is 0.815. The van der Waals surface area contributed by atoms with E-state index in [0.29, 0.717) is 5.92 Å². The van der Waals surface area contributed by atoms with E-state index >= 15 is 0 Å². The van der Waals surface area contributed by atoms with Gasteiger partial charge in [-0.05, 0) is 43.6 Å². The van der Waals surface area contributed by atoms with Crippen molar-refractivity contribution < 1.29 is 4.39 Å². The highest BCUT2D eigenvalue weighted by atomic mass is 19.1. The molecule has 0 saturated carbocycles. The molecule has 1 aliphatic heterocycles. The third-order valence-electron chi connectivity index (χ3n) is 2.94. The molecule has 1 heterocycles. The lowest BCUT2D eigenvalue weighted by atomic mass is 10.1. The number of benzene rings is 1. The van der Waals surface area contributed by atoms with Gasteiger partial charge in [-0.3, -0.25) is 0 Å². The van der Waals surface area contributed by atoms with Gasteiger partial charge in [-0.15, -0.1) is 0 Å². The second kappa shape index (κ2) is 4.62. The Labute approximate surface area is 90.1 Å². The highest BCUT2D eigenvalue weighted by Gasteiger charge is 2.16. The van der Waals surface area contributed by atoms with Crippen molar-refractivity contribution in [3.05, 3.63) is 30.1 Å². The third-order valence-corrected chi connectivity index (χ3v) is 2.94. The van der Waals surface area contributed by atoms with E-state index in [2.05, 4.69) is 10.2 Å². The van der Waals surface area contributed by atoms with E-state index in [-0.39, 0.29) is 5.82 Å². The molecule has 1 unspecified atom stereocenters. The molecule has 1 fully saturated rings. The van der Waals surface area contributed by atoms with E-state index in [9.17, 15) is 4.39 Å². The summed E-state index contributed by atoms with van der Waals surface area (Å²) >= 11 is 0. The van der Waals surface area contributed by atoms with Crippen LogP contribution in [0.2, 0.25) is 0 Å². The summed E-state index contributed by atoms with van der Waals surface area (Å²) in [4.78, 5) is 2.13. The smallest absolute Gasteiger partial charge is 0.125 e. The van der Waals surface area contributed by atoms with E-state index in [1.165, 1.54) is 12.5 Å². The van der Waals surface area contributed by atoms with Gasteiger partial charge in [0.1, 0.15) is 5.82 Å². The molecule has 0 aliphatic carbocycles. The lowest BCUT2D eigenvalue weighted by Gasteiger charge is -2.22. The van der Waals surface area contributed by atoms with Crippen LogP contribution in [0.5, 0.6) is 0 Å². The van der Waals surface area contributed by atoms with Crippen molar-refractivity contribution in [2.45, 2.75) is 6.42 Å². The minimum absolute atomic E-state index is 0.163. The van der Waals surface area contributed by atoms with Crippen LogP contribution in [0.25, 0.3) is 0 Å². The van der Waals surface area contributed by atoms with Crippen molar-refractivity contribution >= 4 is 5.69 Å². The Kier molecular flexibility index (Phi) is 3.21. The van der Waals surface area contributed by atoms with Crippen LogP contribution in [-0.2, 0) is 0 Å². The molecule has 1 atom stereocenters. The van der Waals surface area contributed by atoms with Gasteiger partial charge < -0.3 is 10.2 Å². The summed E-state index contributed by atoms with van der Waals surface area (Å²) in [5, 5.41) is 3.34. The predicted octanol–water partition coefficient (Wildman–Crippen LogP) is 1.87. The van der Waals surface area contributed by atoms with Crippen molar-refractivity contribution in [2.24, 2.45) is 5.92 Å². The summed E-state index contributed by atoms with van der Waals surface area (Å²) in [6.07, 6.45) is 1.22. The first-order valence-corrected chi connectivity index (χ1v) is 5.43. The Balaban J connectivity index is 1.97. The van der Waals surface area contributed by atoms with Gasteiger partial charge in [-0.25, -0.2) is 4.39 Å². The SMILES string of the molecule is CN(CC1CCNC1)c1cccc(F)c1. The van der Waals surface area contributed by atoms with Gasteiger partial charge in [0.15, 0.2) is 0 Å². The average Bonchev–Trinajstić information content (AvgIpc) is 2.70. The Hall–Kier alpha value is -1.09. The first-order valence-electron chi connectivity index (χ1n) is 5.43. The van der Waals surface area contributed by atoms with E-state index < -0.39 is 0 Å². The Morgan fingerprint density at radius 3 is 3.07 bits per heavy atom. The Bertz CT molecular complexity index is 321. The van der Waals surface area contributed by atoms with Crippen molar-refractivity contribution in [3.8, 4) is 0 Å². The summed E-state index contributed by atoms with van der Waals surface area (Å²) in [5.41, 5.74) is 0.960. The van der Waals surface area contributed by atoms with E-state index in [1.807, 2.05) is 13.1 Å². The zero-order valence-electron chi connectivity index (χ0n) is 9.04. The Morgan fingerprint density at radius 2 is 2.40 bits per heavy atom. The molecule has 1 aromatic rings. The van der Waals surface area contributed by atoms with Crippen LogP contribution in [0.4, 0.5) is 10.1 Å². The van der Waals surface area contributed by atoms with Crippen molar-refractivity contribution in [3.63, 3.8) is 0 Å². The largest absolute Gasteiger partial charge is 0.374 e. The van der Waals surface area contributed by atoms with Gasteiger partial charge in [0.25, 0.3) is 0 Å². The van der Waals surface area contributed by atoms with Gasteiger partial charge in [0.2, 0.25) is 0 Å². The van der Waals surface area contributed by atoms with Gasteiger partial charge in [-0.1, -0.05) is 6.07 Å². The summed E-state index contributed by atoms with van der Waals surface area (Å²) in [7, 11) is 2.02. The van der Waals surface area contributed by atoms with E-state index in [1.54, 1.807) is 12.1 Å². The van der Waals surface area contributed by atoms with Gasteiger partial charge in [0, 0.05) is 19.3 Å². The number of hydrogen-bond donors (Lipinski definition) is 1. The highest BCUT2D eigenvalue weighted by Crippen LogP contribution is 2.17. The number of anilines is 1. The van der Waals surface area contributed by atoms with Gasteiger partial charge in [-0.2, -0.15) is 0 Å². The molecule has 1 saturated heterocycles. The molecule has 0 bridgehead atoms. The molecule has 1 aromatic carbocycles. The third kappa shape index (κ3) is 2.69. The van der Waals surface area contributed by atoms with E-state index in [0.717, 1.165) is 25.3 Å². The fraction of sp³-hybridized carbons (Fsp3) is 0.500. The number of nitrogens with one attached hydrogen (secondary N) is 1. The zero-order chi connectivity index (χ0) is 10.7. The molecular weight excluding hydrogens is 191 g/mol. The Morgan fingerprint density at radius 1 is 1.53 bits per heavy atom. The van der Waals surface area contributed by atoms with Crippen molar-refractivity contribution in [1.82, 2.24) is 5.32 Å². The van der Waals surface area contributed by atoms with Crippen LogP contribution >= 0.6 is 0 Å². The van der Waals surface area contributed by atoms with Crippen LogP contribution < -0.4 is 10.2 Å². The molecule has 1 aliphatic rings. The second-order valence-corrected chi connectivity index (χ2v) is 4.22. The number of rotatable bonds is 3. The molecule has 1 N–H and O–H groups in total. The van der Waals surface area contributed by atoms with Crippen LogP contribution in [0, 0.1) is 11.7 Å². The highest BCUT2D eigenvalue weighted by molar-refractivity contribution is 5.45. The normalized spacial score (nSPS) is 20.5. The average molecular weight is 208 g/mol. The van der Waals surface area contributed by atoms with E-state index in [4.69, 9.17) is 0 Å². The van der Waals surface area contributed by atoms with Crippen LogP contribution in [0.3, 0.4) is 0 Å². The molecular formula is C12H17FN2. The monoisotopic (exact) mass is 208 g/mol. The van der Waals surface area contributed by atoms with Crippen molar-refractivity contribution in [2.75, 3.05) is 31.6 Å². The van der Waals surface area contributed by atoms with Crippen LogP contribution in [0.15, 0.2) is 24.3 Å². The first-order chi connectivity index (χ1) is 7.25. The fourth-order valence-corrected chi connectivity index (χ4v) is 2.08. The number of nitrogens with zero attached hydrogens (tertiary/aromatic N) is 1. The number of halogens is 1. The molecule has 0 aromatic heterocycles. The van der Waals surface area contributed by atoms with Gasteiger partial charge in [0.05, 0.1) is 0 Å². The van der Waals surface area contributed by atoms with Crippen molar-refractivity contribution in [1.29, 1.82) is 0 Å². The minimum atomic E-state index is -0.163.